The van der Waals surface area contributed by atoms with Crippen molar-refractivity contribution in [3.05, 3.63) is 58.5 Å². The molecule has 2 heterocycles. The maximum Gasteiger partial charge on any atom is 0.272 e. The van der Waals surface area contributed by atoms with Crippen LogP contribution in [-0.2, 0) is 14.1 Å². The van der Waals surface area contributed by atoms with Crippen LogP contribution in [0.4, 0.5) is 0 Å². The molecule has 0 bridgehead atoms. The van der Waals surface area contributed by atoms with E-state index >= 15 is 0 Å². The quantitative estimate of drug-likeness (QED) is 0.779. The van der Waals surface area contributed by atoms with Gasteiger partial charge in [-0.15, -0.1) is 0 Å². The third kappa shape index (κ3) is 3.58. The first-order chi connectivity index (χ1) is 11.8. The van der Waals surface area contributed by atoms with Crippen molar-refractivity contribution >= 4 is 17.5 Å². The number of hydrogen-bond acceptors (Lipinski definition) is 3. The van der Waals surface area contributed by atoms with Gasteiger partial charge in [0.15, 0.2) is 5.69 Å². The second-order valence-corrected chi connectivity index (χ2v) is 6.52. The van der Waals surface area contributed by atoms with Gasteiger partial charge in [-0.1, -0.05) is 23.7 Å². The van der Waals surface area contributed by atoms with Gasteiger partial charge in [-0.3, -0.25) is 14.2 Å². The molecule has 0 saturated carbocycles. The number of carbonyl (C=O) groups excluding carboxylic acids is 1. The van der Waals surface area contributed by atoms with Crippen molar-refractivity contribution in [2.45, 2.75) is 19.9 Å². The number of benzene rings is 1. The Hall–Kier alpha value is -2.60. The Morgan fingerprint density at radius 3 is 2.48 bits per heavy atom. The summed E-state index contributed by atoms with van der Waals surface area (Å²) >= 11 is 5.93. The smallest absolute Gasteiger partial charge is 0.272 e. The second-order valence-electron chi connectivity index (χ2n) is 6.08. The SMILES string of the molecule is Cc1nn(C)cc1[C@@H](C)NC(=O)c1cc(-c2ccc(Cl)cc2)n(C)n1. The van der Waals surface area contributed by atoms with Crippen LogP contribution in [0.1, 0.15) is 34.7 Å². The first kappa shape index (κ1) is 17.2. The molecular weight excluding hydrogens is 338 g/mol. The number of carbonyl (C=O) groups is 1. The molecular formula is C18H20ClN5O. The molecule has 1 atom stereocenters. The molecule has 0 aliphatic heterocycles. The molecule has 1 N–H and O–H groups in total. The van der Waals surface area contributed by atoms with E-state index in [1.165, 1.54) is 0 Å². The second kappa shape index (κ2) is 6.72. The molecule has 0 radical (unpaired) electrons. The fraction of sp³-hybridized carbons (Fsp3) is 0.278. The number of hydrogen-bond donors (Lipinski definition) is 1. The van der Waals surface area contributed by atoms with Gasteiger partial charge in [0.05, 0.1) is 17.4 Å². The van der Waals surface area contributed by atoms with E-state index in [4.69, 9.17) is 11.6 Å². The summed E-state index contributed by atoms with van der Waals surface area (Å²) in [5.41, 5.74) is 4.07. The van der Waals surface area contributed by atoms with E-state index in [0.717, 1.165) is 22.5 Å². The maximum absolute atomic E-state index is 12.6. The summed E-state index contributed by atoms with van der Waals surface area (Å²) in [5, 5.41) is 12.3. The van der Waals surface area contributed by atoms with Crippen LogP contribution in [0.5, 0.6) is 0 Å². The number of rotatable bonds is 4. The summed E-state index contributed by atoms with van der Waals surface area (Å²) in [6.07, 6.45) is 1.91. The maximum atomic E-state index is 12.6. The Morgan fingerprint density at radius 1 is 1.20 bits per heavy atom. The minimum absolute atomic E-state index is 0.151. The normalized spacial score (nSPS) is 12.2. The van der Waals surface area contributed by atoms with Gasteiger partial charge < -0.3 is 5.32 Å². The number of aryl methyl sites for hydroxylation is 3. The molecule has 0 unspecified atom stereocenters. The molecule has 7 heteroatoms. The molecule has 0 spiro atoms. The van der Waals surface area contributed by atoms with Gasteiger partial charge in [0.1, 0.15) is 0 Å². The average Bonchev–Trinajstić information content (AvgIpc) is 3.10. The molecule has 2 aromatic heterocycles. The molecule has 0 fully saturated rings. The molecule has 3 rings (SSSR count). The zero-order valence-corrected chi connectivity index (χ0v) is 15.4. The lowest BCUT2D eigenvalue weighted by Crippen LogP contribution is -2.27. The summed E-state index contributed by atoms with van der Waals surface area (Å²) in [6, 6.07) is 9.07. The summed E-state index contributed by atoms with van der Waals surface area (Å²) in [7, 11) is 3.68. The predicted octanol–water partition coefficient (Wildman–Crippen LogP) is 3.27. The highest BCUT2D eigenvalue weighted by molar-refractivity contribution is 6.30. The van der Waals surface area contributed by atoms with E-state index in [1.807, 2.05) is 58.4 Å². The van der Waals surface area contributed by atoms with Crippen LogP contribution in [0.2, 0.25) is 5.02 Å². The van der Waals surface area contributed by atoms with Crippen LogP contribution in [0, 0.1) is 6.92 Å². The van der Waals surface area contributed by atoms with Crippen molar-refractivity contribution in [1.82, 2.24) is 24.9 Å². The zero-order valence-electron chi connectivity index (χ0n) is 14.6. The average molecular weight is 358 g/mol. The number of nitrogens with zero attached hydrogens (tertiary/aromatic N) is 4. The van der Waals surface area contributed by atoms with Crippen molar-refractivity contribution in [3.8, 4) is 11.3 Å². The predicted molar refractivity (Wildman–Crippen MR) is 97.5 cm³/mol. The third-order valence-electron chi connectivity index (χ3n) is 4.12. The van der Waals surface area contributed by atoms with Crippen molar-refractivity contribution in [3.63, 3.8) is 0 Å². The molecule has 0 aliphatic carbocycles. The molecule has 1 amide bonds. The molecule has 3 aromatic rings. The minimum Gasteiger partial charge on any atom is -0.344 e. The van der Waals surface area contributed by atoms with Gasteiger partial charge in [-0.2, -0.15) is 10.2 Å². The number of amides is 1. The van der Waals surface area contributed by atoms with Crippen molar-refractivity contribution < 1.29 is 4.79 Å². The Balaban J connectivity index is 1.80. The van der Waals surface area contributed by atoms with E-state index in [-0.39, 0.29) is 11.9 Å². The van der Waals surface area contributed by atoms with Crippen molar-refractivity contribution in [2.24, 2.45) is 14.1 Å². The first-order valence-corrected chi connectivity index (χ1v) is 8.34. The molecule has 0 aliphatic rings. The summed E-state index contributed by atoms with van der Waals surface area (Å²) in [6.45, 7) is 3.86. The van der Waals surface area contributed by atoms with Gasteiger partial charge in [0, 0.05) is 30.9 Å². The van der Waals surface area contributed by atoms with Crippen LogP contribution in [0.25, 0.3) is 11.3 Å². The monoisotopic (exact) mass is 357 g/mol. The number of halogens is 1. The van der Waals surface area contributed by atoms with Crippen LogP contribution in [-0.4, -0.2) is 25.5 Å². The largest absolute Gasteiger partial charge is 0.344 e. The number of nitrogens with one attached hydrogen (secondary N) is 1. The van der Waals surface area contributed by atoms with Crippen LogP contribution >= 0.6 is 11.6 Å². The van der Waals surface area contributed by atoms with Crippen molar-refractivity contribution in [1.29, 1.82) is 0 Å². The molecule has 0 saturated heterocycles. The van der Waals surface area contributed by atoms with E-state index in [9.17, 15) is 4.79 Å². The van der Waals surface area contributed by atoms with Gasteiger partial charge in [0.25, 0.3) is 5.91 Å². The van der Waals surface area contributed by atoms with E-state index in [0.29, 0.717) is 10.7 Å². The van der Waals surface area contributed by atoms with E-state index in [2.05, 4.69) is 15.5 Å². The lowest BCUT2D eigenvalue weighted by Gasteiger charge is -2.11. The zero-order chi connectivity index (χ0) is 18.1. The van der Waals surface area contributed by atoms with E-state index < -0.39 is 0 Å². The van der Waals surface area contributed by atoms with Crippen LogP contribution in [0.3, 0.4) is 0 Å². The fourth-order valence-electron chi connectivity index (χ4n) is 2.86. The minimum atomic E-state index is -0.216. The highest BCUT2D eigenvalue weighted by atomic mass is 35.5. The van der Waals surface area contributed by atoms with Crippen molar-refractivity contribution in [2.75, 3.05) is 0 Å². The van der Waals surface area contributed by atoms with Gasteiger partial charge >= 0.3 is 0 Å². The fourth-order valence-corrected chi connectivity index (χ4v) is 2.99. The number of aromatic nitrogens is 4. The molecule has 130 valence electrons. The van der Waals surface area contributed by atoms with Crippen LogP contribution < -0.4 is 5.32 Å². The Bertz CT molecular complexity index is 910. The van der Waals surface area contributed by atoms with Gasteiger partial charge in [-0.25, -0.2) is 0 Å². The lowest BCUT2D eigenvalue weighted by molar-refractivity contribution is 0.0934. The summed E-state index contributed by atoms with van der Waals surface area (Å²) in [5.74, 6) is -0.216. The molecule has 25 heavy (non-hydrogen) atoms. The lowest BCUT2D eigenvalue weighted by atomic mass is 10.1. The Labute approximate surface area is 151 Å². The highest BCUT2D eigenvalue weighted by Crippen LogP contribution is 2.22. The van der Waals surface area contributed by atoms with Crippen LogP contribution in [0.15, 0.2) is 36.5 Å². The first-order valence-electron chi connectivity index (χ1n) is 7.96. The molecule has 1 aromatic carbocycles. The Kier molecular flexibility index (Phi) is 4.63. The standard InChI is InChI=1S/C18H20ClN5O/c1-11(15-10-23(3)21-12(15)2)20-18(25)16-9-17(24(4)22-16)13-5-7-14(19)8-6-13/h5-11H,1-4H3,(H,20,25)/t11-/m1/s1. The van der Waals surface area contributed by atoms with Gasteiger partial charge in [0.2, 0.25) is 0 Å². The topological polar surface area (TPSA) is 64.7 Å². The Morgan fingerprint density at radius 2 is 1.88 bits per heavy atom. The summed E-state index contributed by atoms with van der Waals surface area (Å²) < 4.78 is 3.44. The summed E-state index contributed by atoms with van der Waals surface area (Å²) in [4.78, 5) is 12.6. The van der Waals surface area contributed by atoms with Gasteiger partial charge in [-0.05, 0) is 37.6 Å². The third-order valence-corrected chi connectivity index (χ3v) is 4.37. The highest BCUT2D eigenvalue weighted by Gasteiger charge is 2.18. The molecule has 6 nitrogen and oxygen atoms in total. The van der Waals surface area contributed by atoms with E-state index in [1.54, 1.807) is 15.4 Å².